The Labute approximate surface area is 170 Å². The van der Waals surface area contributed by atoms with E-state index in [1.54, 1.807) is 6.07 Å². The van der Waals surface area contributed by atoms with Gasteiger partial charge in [0.1, 0.15) is 18.1 Å². The number of carbonyl (C=O) groups excluding carboxylic acids is 2. The van der Waals surface area contributed by atoms with E-state index in [2.05, 4.69) is 20.2 Å². The minimum Gasteiger partial charge on any atom is -0.468 e. The van der Waals surface area contributed by atoms with Crippen molar-refractivity contribution in [3.63, 3.8) is 0 Å². The van der Waals surface area contributed by atoms with Crippen molar-refractivity contribution in [2.24, 2.45) is 0 Å². The number of hydrogen-bond donors (Lipinski definition) is 1. The summed E-state index contributed by atoms with van der Waals surface area (Å²) >= 11 is 0. The van der Waals surface area contributed by atoms with Gasteiger partial charge >= 0.3 is 5.97 Å². The number of carbonyl (C=O) groups is 2. The molecule has 0 unspecified atom stereocenters. The van der Waals surface area contributed by atoms with Gasteiger partial charge in [0, 0.05) is 11.1 Å². The van der Waals surface area contributed by atoms with Crippen molar-refractivity contribution in [1.82, 2.24) is 15.5 Å². The molecule has 0 radical (unpaired) electrons. The van der Waals surface area contributed by atoms with Crippen molar-refractivity contribution in [2.75, 3.05) is 13.7 Å². The van der Waals surface area contributed by atoms with Crippen molar-refractivity contribution < 1.29 is 23.2 Å². The minimum atomic E-state index is -0.582. The first-order valence-electron chi connectivity index (χ1n) is 9.03. The fourth-order valence-electron chi connectivity index (χ4n) is 3.01. The van der Waals surface area contributed by atoms with Crippen molar-refractivity contribution in [2.45, 2.75) is 0 Å². The van der Waals surface area contributed by atoms with Gasteiger partial charge in [-0.05, 0) is 30.3 Å². The zero-order valence-corrected chi connectivity index (χ0v) is 15.9. The largest absolute Gasteiger partial charge is 0.468 e. The molecule has 0 aliphatic carbocycles. The van der Waals surface area contributed by atoms with E-state index in [-0.39, 0.29) is 17.8 Å². The lowest BCUT2D eigenvalue weighted by atomic mass is 10.0. The maximum atomic E-state index is 13.3. The van der Waals surface area contributed by atoms with Crippen LogP contribution in [0.5, 0.6) is 0 Å². The van der Waals surface area contributed by atoms with Crippen LogP contribution in [-0.4, -0.2) is 35.7 Å². The summed E-state index contributed by atoms with van der Waals surface area (Å²) in [7, 11) is 1.24. The summed E-state index contributed by atoms with van der Waals surface area (Å²) in [4.78, 5) is 28.9. The smallest absolute Gasteiger partial charge is 0.325 e. The molecule has 4 rings (SSSR count). The molecule has 0 fully saturated rings. The lowest BCUT2D eigenvalue weighted by molar-refractivity contribution is -0.139. The molecule has 0 spiro atoms. The number of hydrogen-bond acceptors (Lipinski definition) is 6. The van der Waals surface area contributed by atoms with Gasteiger partial charge in [-0.25, -0.2) is 9.37 Å². The molecule has 4 aromatic rings. The van der Waals surface area contributed by atoms with E-state index in [9.17, 15) is 14.0 Å². The summed E-state index contributed by atoms with van der Waals surface area (Å²) < 4.78 is 23.3. The fraction of sp³-hybridized carbons (Fsp3) is 0.0909. The molecular formula is C22H16FN3O4. The van der Waals surface area contributed by atoms with Crippen LogP contribution in [0.25, 0.3) is 33.6 Å². The van der Waals surface area contributed by atoms with Crippen molar-refractivity contribution in [3.05, 3.63) is 72.0 Å². The summed E-state index contributed by atoms with van der Waals surface area (Å²) in [5.41, 5.74) is 2.57. The standard InChI is InChI=1S/C22H16FN3O4/c1-29-18(27)12-24-21(28)16-11-17(13-5-3-2-4-6-13)25-22-19(16)20(26-30-22)14-7-9-15(23)10-8-14/h2-11H,12H2,1H3,(H,24,28). The molecule has 0 saturated heterocycles. The third-order valence-corrected chi connectivity index (χ3v) is 4.50. The van der Waals surface area contributed by atoms with Crippen LogP contribution < -0.4 is 5.32 Å². The Balaban J connectivity index is 1.87. The lowest BCUT2D eigenvalue weighted by Crippen LogP contribution is -2.30. The van der Waals surface area contributed by atoms with E-state index in [0.717, 1.165) is 5.56 Å². The van der Waals surface area contributed by atoms with Crippen molar-refractivity contribution in [1.29, 1.82) is 0 Å². The maximum absolute atomic E-state index is 13.3. The van der Waals surface area contributed by atoms with E-state index in [1.807, 2.05) is 30.3 Å². The third-order valence-electron chi connectivity index (χ3n) is 4.50. The van der Waals surface area contributed by atoms with E-state index >= 15 is 0 Å². The molecule has 1 amide bonds. The maximum Gasteiger partial charge on any atom is 0.325 e. The highest BCUT2D eigenvalue weighted by Gasteiger charge is 2.22. The van der Waals surface area contributed by atoms with Gasteiger partial charge in [0.2, 0.25) is 0 Å². The Bertz CT molecular complexity index is 1220. The van der Waals surface area contributed by atoms with Gasteiger partial charge in [-0.2, -0.15) is 0 Å². The summed E-state index contributed by atoms with van der Waals surface area (Å²) in [6.45, 7) is -0.295. The first-order valence-corrected chi connectivity index (χ1v) is 9.03. The van der Waals surface area contributed by atoms with Gasteiger partial charge in [-0.3, -0.25) is 9.59 Å². The molecule has 0 atom stereocenters. The number of halogens is 1. The quantitative estimate of drug-likeness (QED) is 0.510. The molecule has 0 saturated carbocycles. The van der Waals surface area contributed by atoms with Crippen LogP contribution >= 0.6 is 0 Å². The number of fused-ring (bicyclic) bond motifs is 1. The van der Waals surface area contributed by atoms with Crippen molar-refractivity contribution >= 4 is 23.0 Å². The Hall–Kier alpha value is -4.07. The van der Waals surface area contributed by atoms with E-state index in [1.165, 1.54) is 31.4 Å². The lowest BCUT2D eigenvalue weighted by Gasteiger charge is -2.08. The van der Waals surface area contributed by atoms with Gasteiger partial charge in [0.15, 0.2) is 0 Å². The molecule has 0 aliphatic heterocycles. The second kappa shape index (κ2) is 8.12. The summed E-state index contributed by atoms with van der Waals surface area (Å²) in [6.07, 6.45) is 0. The number of ether oxygens (including phenoxy) is 1. The average molecular weight is 405 g/mol. The second-order valence-corrected chi connectivity index (χ2v) is 6.40. The number of nitrogens with zero attached hydrogens (tertiary/aromatic N) is 2. The Morgan fingerprint density at radius 1 is 1.07 bits per heavy atom. The highest BCUT2D eigenvalue weighted by atomic mass is 19.1. The normalized spacial score (nSPS) is 10.7. The molecule has 150 valence electrons. The highest BCUT2D eigenvalue weighted by Crippen LogP contribution is 2.32. The van der Waals surface area contributed by atoms with Gasteiger partial charge in [-0.15, -0.1) is 0 Å². The van der Waals surface area contributed by atoms with Crippen LogP contribution in [0.1, 0.15) is 10.4 Å². The van der Waals surface area contributed by atoms with Crippen LogP contribution in [0.15, 0.2) is 65.2 Å². The van der Waals surface area contributed by atoms with E-state index in [4.69, 9.17) is 4.52 Å². The van der Waals surface area contributed by atoms with Gasteiger partial charge in [0.05, 0.1) is 23.8 Å². The molecule has 30 heavy (non-hydrogen) atoms. The molecule has 0 bridgehead atoms. The van der Waals surface area contributed by atoms with Crippen LogP contribution in [0.4, 0.5) is 4.39 Å². The molecule has 2 aromatic carbocycles. The SMILES string of the molecule is COC(=O)CNC(=O)c1cc(-c2ccccc2)nc2onc(-c3ccc(F)cc3)c12. The van der Waals surface area contributed by atoms with E-state index < -0.39 is 17.7 Å². The predicted octanol–water partition coefficient (Wildman–Crippen LogP) is 3.60. The number of rotatable bonds is 5. The number of benzene rings is 2. The van der Waals surface area contributed by atoms with Gasteiger partial charge in [-0.1, -0.05) is 35.5 Å². The topological polar surface area (TPSA) is 94.3 Å². The van der Waals surface area contributed by atoms with Gasteiger partial charge < -0.3 is 14.6 Å². The molecule has 2 aromatic heterocycles. The Kier molecular flexibility index (Phi) is 5.21. The number of esters is 1. The van der Waals surface area contributed by atoms with Crippen molar-refractivity contribution in [3.8, 4) is 22.5 Å². The number of nitrogens with one attached hydrogen (secondary N) is 1. The van der Waals surface area contributed by atoms with Crippen LogP contribution in [-0.2, 0) is 9.53 Å². The molecule has 0 aliphatic rings. The number of aromatic nitrogens is 2. The first kappa shape index (κ1) is 19.3. The molecule has 7 nitrogen and oxygen atoms in total. The molecule has 1 N–H and O–H groups in total. The monoisotopic (exact) mass is 405 g/mol. The highest BCUT2D eigenvalue weighted by molar-refractivity contribution is 6.10. The zero-order valence-electron chi connectivity index (χ0n) is 15.9. The zero-order chi connectivity index (χ0) is 21.1. The molecule has 2 heterocycles. The molecular weight excluding hydrogens is 389 g/mol. The minimum absolute atomic E-state index is 0.152. The third kappa shape index (κ3) is 3.75. The van der Waals surface area contributed by atoms with Crippen LogP contribution in [0, 0.1) is 5.82 Å². The van der Waals surface area contributed by atoms with Gasteiger partial charge in [0.25, 0.3) is 11.6 Å². The first-order chi connectivity index (χ1) is 14.6. The van der Waals surface area contributed by atoms with Crippen LogP contribution in [0.2, 0.25) is 0 Å². The Morgan fingerprint density at radius 2 is 1.80 bits per heavy atom. The average Bonchev–Trinajstić information content (AvgIpc) is 3.21. The Morgan fingerprint density at radius 3 is 2.50 bits per heavy atom. The van der Waals surface area contributed by atoms with Crippen LogP contribution in [0.3, 0.4) is 0 Å². The number of pyridine rings is 1. The predicted molar refractivity (Wildman–Crippen MR) is 107 cm³/mol. The summed E-state index contributed by atoms with van der Waals surface area (Å²) in [5.74, 6) is -1.50. The number of amides is 1. The fourth-order valence-corrected chi connectivity index (χ4v) is 3.01. The number of methoxy groups -OCH3 is 1. The van der Waals surface area contributed by atoms with E-state index in [0.29, 0.717) is 22.3 Å². The molecule has 8 heteroatoms. The summed E-state index contributed by atoms with van der Waals surface area (Å²) in [6, 6.07) is 16.5. The summed E-state index contributed by atoms with van der Waals surface area (Å²) in [5, 5.41) is 6.94. The second-order valence-electron chi connectivity index (χ2n) is 6.40.